The van der Waals surface area contributed by atoms with E-state index in [2.05, 4.69) is 44.7 Å². The third kappa shape index (κ3) is 3.88. The molecule has 0 radical (unpaired) electrons. The maximum absolute atomic E-state index is 13.2. The van der Waals surface area contributed by atoms with Gasteiger partial charge in [0.2, 0.25) is 5.91 Å². The lowest BCUT2D eigenvalue weighted by molar-refractivity contribution is -0.139. The number of hydrogen-bond acceptors (Lipinski definition) is 6. The molecule has 1 spiro atoms. The second-order valence-corrected chi connectivity index (χ2v) is 10.6. The van der Waals surface area contributed by atoms with E-state index in [0.717, 1.165) is 71.4 Å². The third-order valence-electron chi connectivity index (χ3n) is 8.40. The second-order valence-electron chi connectivity index (χ2n) is 10.6. The van der Waals surface area contributed by atoms with Crippen LogP contribution in [0.4, 0.5) is 5.82 Å². The topological polar surface area (TPSA) is 89.6 Å². The molecule has 3 N–H and O–H groups in total. The number of nitrogens with zero attached hydrogens (tertiary/aromatic N) is 3. The fourth-order valence-corrected chi connectivity index (χ4v) is 6.43. The summed E-state index contributed by atoms with van der Waals surface area (Å²) < 4.78 is 0. The number of pyridine rings is 1. The van der Waals surface area contributed by atoms with Crippen LogP contribution >= 0.6 is 0 Å². The summed E-state index contributed by atoms with van der Waals surface area (Å²) in [5.74, 6) is 1.01. The summed E-state index contributed by atoms with van der Waals surface area (Å²) in [5, 5.41) is 10.1. The summed E-state index contributed by atoms with van der Waals surface area (Å²) >= 11 is 0. The van der Waals surface area contributed by atoms with E-state index >= 15 is 0 Å². The Balaban J connectivity index is 1.19. The number of carbonyl (C=O) groups excluding carboxylic acids is 2. The third-order valence-corrected chi connectivity index (χ3v) is 8.40. The van der Waals surface area contributed by atoms with Crippen molar-refractivity contribution in [3.05, 3.63) is 23.9 Å². The second kappa shape index (κ2) is 8.30. The van der Waals surface area contributed by atoms with Crippen molar-refractivity contribution in [2.24, 2.45) is 17.3 Å². The van der Waals surface area contributed by atoms with E-state index in [1.165, 1.54) is 0 Å². The molecule has 0 unspecified atom stereocenters. The molecule has 2 amide bonds. The monoisotopic (exact) mass is 440 g/mol. The number of amides is 2. The molecule has 2 aliphatic heterocycles. The summed E-state index contributed by atoms with van der Waals surface area (Å²) in [6.07, 6.45) is 6.30. The van der Waals surface area contributed by atoms with Crippen LogP contribution in [0.25, 0.3) is 0 Å². The van der Waals surface area contributed by atoms with Gasteiger partial charge in [-0.2, -0.15) is 0 Å². The summed E-state index contributed by atoms with van der Waals surface area (Å²) in [6, 6.07) is 3.59. The number of piperazine rings is 1. The molecule has 5 aliphatic rings. The zero-order valence-electron chi connectivity index (χ0n) is 19.3. The molecule has 4 fully saturated rings. The van der Waals surface area contributed by atoms with E-state index in [-0.39, 0.29) is 29.1 Å². The first-order valence-electron chi connectivity index (χ1n) is 12.1. The first kappa shape index (κ1) is 21.6. The number of likely N-dealkylation sites (N-methyl/N-ethyl adjacent to an activating group) is 1. The number of anilines is 1. The Morgan fingerprint density at radius 3 is 2.88 bits per heavy atom. The van der Waals surface area contributed by atoms with Gasteiger partial charge >= 0.3 is 0 Å². The van der Waals surface area contributed by atoms with Crippen molar-refractivity contribution in [3.8, 4) is 0 Å². The predicted octanol–water partition coefficient (Wildman–Crippen LogP) is 1.51. The minimum Gasteiger partial charge on any atom is -0.356 e. The highest BCUT2D eigenvalue weighted by molar-refractivity contribution is 6.01. The molecule has 1 saturated heterocycles. The number of nitrogens with one attached hydrogen (secondary N) is 3. The van der Waals surface area contributed by atoms with Crippen LogP contribution in [0, 0.1) is 17.3 Å². The van der Waals surface area contributed by atoms with Crippen LogP contribution in [0.15, 0.2) is 18.3 Å². The fourth-order valence-electron chi connectivity index (χ4n) is 6.43. The Bertz CT molecular complexity index is 885. The quantitative estimate of drug-likeness (QED) is 0.602. The average Bonchev–Trinajstić information content (AvgIpc) is 2.77. The molecule has 1 aromatic heterocycles. The lowest BCUT2D eigenvalue weighted by Gasteiger charge is -2.60. The van der Waals surface area contributed by atoms with Crippen molar-refractivity contribution in [2.45, 2.75) is 44.7 Å². The Labute approximate surface area is 190 Å². The van der Waals surface area contributed by atoms with Gasteiger partial charge in [-0.25, -0.2) is 4.98 Å². The van der Waals surface area contributed by atoms with Crippen molar-refractivity contribution in [1.29, 1.82) is 0 Å². The van der Waals surface area contributed by atoms with Gasteiger partial charge in [-0.15, -0.1) is 0 Å². The molecule has 3 saturated carbocycles. The highest BCUT2D eigenvalue weighted by Gasteiger charge is 2.60. The normalized spacial score (nSPS) is 34.6. The van der Waals surface area contributed by atoms with Crippen LogP contribution in [0.3, 0.4) is 0 Å². The maximum atomic E-state index is 13.2. The molecular weight excluding hydrogens is 404 g/mol. The van der Waals surface area contributed by atoms with E-state index in [1.807, 2.05) is 0 Å². The number of aromatic nitrogens is 1. The van der Waals surface area contributed by atoms with Crippen LogP contribution in [0.5, 0.6) is 0 Å². The van der Waals surface area contributed by atoms with Crippen molar-refractivity contribution >= 4 is 17.6 Å². The zero-order chi connectivity index (χ0) is 22.3. The van der Waals surface area contributed by atoms with Gasteiger partial charge in [-0.3, -0.25) is 9.59 Å². The van der Waals surface area contributed by atoms with Gasteiger partial charge < -0.3 is 25.8 Å². The maximum Gasteiger partial charge on any atom is 0.256 e. The first-order valence-corrected chi connectivity index (χ1v) is 12.1. The van der Waals surface area contributed by atoms with Crippen LogP contribution < -0.4 is 16.0 Å². The zero-order valence-corrected chi connectivity index (χ0v) is 19.3. The standard InChI is InChI=1S/C24H36N6O2/c1-23-7-6-17(24(16-23)27-20-18(21(31)28-24)5-3-8-25-20)15-19(23)22(32)26-9-4-10-30-13-11-29(2)12-14-30/h3,5,8,17,19H,4,6-7,9-16H2,1-2H3,(H,25,27)(H,26,32)(H,28,31)/t17-,19-,23-,24+/m1/s1. The Kier molecular flexibility index (Phi) is 5.61. The Morgan fingerprint density at radius 1 is 1.28 bits per heavy atom. The lowest BCUT2D eigenvalue weighted by Crippen LogP contribution is -2.70. The van der Waals surface area contributed by atoms with Crippen molar-refractivity contribution in [3.63, 3.8) is 0 Å². The van der Waals surface area contributed by atoms with Gasteiger partial charge in [0, 0.05) is 50.8 Å². The number of hydrogen-bond donors (Lipinski definition) is 3. The fraction of sp³-hybridized carbons (Fsp3) is 0.708. The Morgan fingerprint density at radius 2 is 2.09 bits per heavy atom. The Hall–Kier alpha value is -2.19. The molecule has 2 bridgehead atoms. The van der Waals surface area contributed by atoms with Crippen molar-refractivity contribution in [1.82, 2.24) is 25.4 Å². The molecule has 1 aromatic rings. The van der Waals surface area contributed by atoms with Crippen molar-refractivity contribution in [2.75, 3.05) is 51.6 Å². The summed E-state index contributed by atoms with van der Waals surface area (Å²) in [5.41, 5.74) is -0.0358. The van der Waals surface area contributed by atoms with Crippen LogP contribution in [0.1, 0.15) is 49.4 Å². The lowest BCUT2D eigenvalue weighted by atomic mass is 9.51. The van der Waals surface area contributed by atoms with Gasteiger partial charge in [0.15, 0.2) is 0 Å². The first-order chi connectivity index (χ1) is 15.4. The van der Waals surface area contributed by atoms with Crippen LogP contribution in [-0.2, 0) is 4.79 Å². The molecule has 3 aliphatic carbocycles. The highest BCUT2D eigenvalue weighted by atomic mass is 16.2. The van der Waals surface area contributed by atoms with Gasteiger partial charge in [0.25, 0.3) is 5.91 Å². The van der Waals surface area contributed by atoms with Gasteiger partial charge in [-0.1, -0.05) is 6.92 Å². The molecule has 4 atom stereocenters. The SMILES string of the molecule is CN1CCN(CCCNC(=O)[C@H]2C[C@H]3CC[C@]2(C)C[C@]32NC(=O)c3cccnc3N2)CC1. The molecule has 8 nitrogen and oxygen atoms in total. The van der Waals surface area contributed by atoms with Gasteiger partial charge in [-0.05, 0) is 63.2 Å². The largest absolute Gasteiger partial charge is 0.356 e. The van der Waals surface area contributed by atoms with E-state index in [9.17, 15) is 9.59 Å². The molecule has 32 heavy (non-hydrogen) atoms. The predicted molar refractivity (Wildman–Crippen MR) is 123 cm³/mol. The van der Waals surface area contributed by atoms with E-state index < -0.39 is 5.66 Å². The number of carbonyl (C=O) groups is 2. The molecule has 0 aromatic carbocycles. The van der Waals surface area contributed by atoms with E-state index in [1.54, 1.807) is 18.3 Å². The number of fused-ring (bicyclic) bond motifs is 3. The average molecular weight is 441 g/mol. The minimum absolute atomic E-state index is 0.000609. The summed E-state index contributed by atoms with van der Waals surface area (Å²) in [6.45, 7) is 8.49. The summed E-state index contributed by atoms with van der Waals surface area (Å²) in [7, 11) is 2.17. The summed E-state index contributed by atoms with van der Waals surface area (Å²) in [4.78, 5) is 35.2. The number of rotatable bonds is 5. The van der Waals surface area contributed by atoms with Crippen LogP contribution in [0.2, 0.25) is 0 Å². The molecule has 174 valence electrons. The minimum atomic E-state index is -0.496. The highest BCUT2D eigenvalue weighted by Crippen LogP contribution is 2.58. The van der Waals surface area contributed by atoms with Crippen LogP contribution in [-0.4, -0.2) is 78.6 Å². The van der Waals surface area contributed by atoms with Gasteiger partial charge in [0.1, 0.15) is 11.5 Å². The smallest absolute Gasteiger partial charge is 0.256 e. The van der Waals surface area contributed by atoms with Gasteiger partial charge in [0.05, 0.1) is 5.56 Å². The molecular formula is C24H36N6O2. The molecule has 6 rings (SSSR count). The van der Waals surface area contributed by atoms with E-state index in [4.69, 9.17) is 0 Å². The van der Waals surface area contributed by atoms with E-state index in [0.29, 0.717) is 11.4 Å². The molecule has 8 heteroatoms. The van der Waals surface area contributed by atoms with Crippen molar-refractivity contribution < 1.29 is 9.59 Å². The molecule has 3 heterocycles.